The van der Waals surface area contributed by atoms with Gasteiger partial charge in [-0.15, -0.1) is 0 Å². The van der Waals surface area contributed by atoms with Gasteiger partial charge in [0.15, 0.2) is 0 Å². The highest BCUT2D eigenvalue weighted by atomic mass is 19.1. The Kier molecular flexibility index (Phi) is 6.60. The molecule has 0 aliphatic carbocycles. The smallest absolute Gasteiger partial charge is 0.212 e. The van der Waals surface area contributed by atoms with Crippen molar-refractivity contribution >= 4 is 17.1 Å². The Balaban J connectivity index is 1.76. The average Bonchev–Trinajstić information content (AvgIpc) is 3.09. The van der Waals surface area contributed by atoms with Gasteiger partial charge >= 0.3 is 0 Å². The lowest BCUT2D eigenvalue weighted by molar-refractivity contribution is 0.582. The van der Waals surface area contributed by atoms with Crippen LogP contribution in [0.4, 0.5) is 10.1 Å². The lowest BCUT2D eigenvalue weighted by atomic mass is 10.1. The molecular formula is C24H27FN4. The largest absolute Gasteiger partial charge is 0.378 e. The molecule has 5 heteroatoms. The zero-order chi connectivity index (χ0) is 20.8. The highest BCUT2D eigenvalue weighted by Gasteiger charge is 2.14. The molecule has 0 saturated carbocycles. The minimum absolute atomic E-state index is 0.451. The van der Waals surface area contributed by atoms with Gasteiger partial charge < -0.3 is 10.2 Å². The lowest BCUT2D eigenvalue weighted by Crippen LogP contribution is -2.17. The Labute approximate surface area is 172 Å². The van der Waals surface area contributed by atoms with Gasteiger partial charge in [0, 0.05) is 37.2 Å². The van der Waals surface area contributed by atoms with Crippen molar-refractivity contribution in [3.8, 4) is 0 Å². The van der Waals surface area contributed by atoms with Crippen LogP contribution in [0.25, 0.3) is 5.57 Å². The first-order chi connectivity index (χ1) is 14.0. The topological polar surface area (TPSA) is 40.5 Å². The third kappa shape index (κ3) is 5.41. The molecule has 0 amide bonds. The number of aliphatic imine (C=N–C) groups is 1. The predicted octanol–water partition coefficient (Wildman–Crippen LogP) is 5.11. The van der Waals surface area contributed by atoms with Gasteiger partial charge in [-0.1, -0.05) is 31.2 Å². The van der Waals surface area contributed by atoms with Crippen LogP contribution in [0.15, 0.2) is 77.1 Å². The van der Waals surface area contributed by atoms with Crippen molar-refractivity contribution in [1.82, 2.24) is 10.3 Å². The molecule has 1 aromatic heterocycles. The average molecular weight is 391 g/mol. The summed E-state index contributed by atoms with van der Waals surface area (Å²) >= 11 is 0. The van der Waals surface area contributed by atoms with Gasteiger partial charge in [-0.3, -0.25) is 4.99 Å². The number of pyridine rings is 1. The van der Waals surface area contributed by atoms with E-state index < -0.39 is 5.95 Å². The van der Waals surface area contributed by atoms with Crippen molar-refractivity contribution in [2.24, 2.45) is 4.99 Å². The van der Waals surface area contributed by atoms with E-state index in [1.807, 2.05) is 14.1 Å². The van der Waals surface area contributed by atoms with Crippen LogP contribution in [0.2, 0.25) is 0 Å². The van der Waals surface area contributed by atoms with Crippen molar-refractivity contribution < 1.29 is 4.39 Å². The SMILES string of the molecule is CC/C=C1/C=C(C=C(C)c2ccc(N(C)C)cc2)NC1=NCc1ccc(F)nc1. The van der Waals surface area contributed by atoms with Gasteiger partial charge in [0.05, 0.1) is 6.54 Å². The van der Waals surface area contributed by atoms with Crippen molar-refractivity contribution in [3.05, 3.63) is 89.2 Å². The monoisotopic (exact) mass is 390 g/mol. The van der Waals surface area contributed by atoms with Crippen LogP contribution in [0.1, 0.15) is 31.4 Å². The molecule has 0 unspecified atom stereocenters. The lowest BCUT2D eigenvalue weighted by Gasteiger charge is -2.13. The van der Waals surface area contributed by atoms with E-state index in [0.717, 1.165) is 29.1 Å². The predicted molar refractivity (Wildman–Crippen MR) is 119 cm³/mol. The van der Waals surface area contributed by atoms with E-state index in [4.69, 9.17) is 0 Å². The number of rotatable bonds is 6. The normalized spacial score (nSPS) is 16.9. The molecule has 1 aliphatic rings. The molecule has 0 radical (unpaired) electrons. The Morgan fingerprint density at radius 2 is 1.93 bits per heavy atom. The first kappa shape index (κ1) is 20.5. The second-order valence-electron chi connectivity index (χ2n) is 7.22. The Hall–Kier alpha value is -3.21. The molecule has 1 aliphatic heterocycles. The van der Waals surface area contributed by atoms with Gasteiger partial charge in [-0.05, 0) is 60.4 Å². The second kappa shape index (κ2) is 9.32. The molecule has 0 atom stereocenters. The number of hydrogen-bond donors (Lipinski definition) is 1. The van der Waals surface area contributed by atoms with Crippen LogP contribution in [-0.2, 0) is 6.54 Å². The highest BCUT2D eigenvalue weighted by Crippen LogP contribution is 2.22. The van der Waals surface area contributed by atoms with Crippen LogP contribution in [0, 0.1) is 5.95 Å². The highest BCUT2D eigenvalue weighted by molar-refractivity contribution is 6.05. The number of amidine groups is 1. The molecule has 2 aromatic rings. The zero-order valence-electron chi connectivity index (χ0n) is 17.4. The number of aromatic nitrogens is 1. The summed E-state index contributed by atoms with van der Waals surface area (Å²) in [4.78, 5) is 10.4. The number of benzene rings is 1. The second-order valence-corrected chi connectivity index (χ2v) is 7.22. The Morgan fingerprint density at radius 1 is 1.17 bits per heavy atom. The van der Waals surface area contributed by atoms with E-state index in [1.54, 1.807) is 6.07 Å². The number of nitrogens with zero attached hydrogens (tertiary/aromatic N) is 3. The van der Waals surface area contributed by atoms with Crippen LogP contribution in [0.5, 0.6) is 0 Å². The fraction of sp³-hybridized carbons (Fsp3) is 0.250. The number of allylic oxidation sites excluding steroid dienone is 3. The maximum Gasteiger partial charge on any atom is 0.212 e. The van der Waals surface area contributed by atoms with E-state index in [-0.39, 0.29) is 0 Å². The van der Waals surface area contributed by atoms with E-state index in [2.05, 4.69) is 76.5 Å². The number of anilines is 1. The quantitative estimate of drug-likeness (QED) is 0.697. The maximum atomic E-state index is 13.0. The van der Waals surface area contributed by atoms with Crippen molar-refractivity contribution in [2.45, 2.75) is 26.8 Å². The summed E-state index contributed by atoms with van der Waals surface area (Å²) in [5.41, 5.74) is 6.49. The zero-order valence-corrected chi connectivity index (χ0v) is 17.4. The van der Waals surface area contributed by atoms with Crippen LogP contribution >= 0.6 is 0 Å². The molecule has 0 spiro atoms. The molecule has 0 bridgehead atoms. The molecule has 4 nitrogen and oxygen atoms in total. The number of nitrogens with one attached hydrogen (secondary N) is 1. The van der Waals surface area contributed by atoms with Gasteiger partial charge in [-0.25, -0.2) is 4.98 Å². The van der Waals surface area contributed by atoms with Crippen LogP contribution in [0.3, 0.4) is 0 Å². The standard InChI is InChI=1S/C24H27FN4/c1-5-6-20-14-21(13-17(2)19-8-10-22(11-9-19)29(3)4)28-24(20)27-16-18-7-12-23(25)26-15-18/h6-15H,5,16H2,1-4H3,(H,27,28)/b17-13?,20-6-. The molecular weight excluding hydrogens is 363 g/mol. The van der Waals surface area contributed by atoms with Gasteiger partial charge in [-0.2, -0.15) is 4.39 Å². The summed E-state index contributed by atoms with van der Waals surface area (Å²) in [6.45, 7) is 4.66. The Bertz CT molecular complexity index is 965. The first-order valence-electron chi connectivity index (χ1n) is 9.76. The fourth-order valence-electron chi connectivity index (χ4n) is 3.07. The third-order valence-electron chi connectivity index (χ3n) is 4.69. The molecule has 3 rings (SSSR count). The molecule has 1 aromatic carbocycles. The van der Waals surface area contributed by atoms with Crippen molar-refractivity contribution in [2.75, 3.05) is 19.0 Å². The van der Waals surface area contributed by atoms with E-state index in [1.165, 1.54) is 29.1 Å². The fourth-order valence-corrected chi connectivity index (χ4v) is 3.07. The first-order valence-corrected chi connectivity index (χ1v) is 9.76. The molecule has 0 fully saturated rings. The van der Waals surface area contributed by atoms with Crippen molar-refractivity contribution in [1.29, 1.82) is 0 Å². The molecule has 1 N–H and O–H groups in total. The number of halogens is 1. The third-order valence-corrected chi connectivity index (χ3v) is 4.69. The summed E-state index contributed by atoms with van der Waals surface area (Å²) in [7, 11) is 4.07. The molecule has 0 saturated heterocycles. The molecule has 29 heavy (non-hydrogen) atoms. The van der Waals surface area contributed by atoms with E-state index >= 15 is 0 Å². The molecule has 2 heterocycles. The van der Waals surface area contributed by atoms with E-state index in [9.17, 15) is 4.39 Å². The van der Waals surface area contributed by atoms with Crippen molar-refractivity contribution in [3.63, 3.8) is 0 Å². The van der Waals surface area contributed by atoms with Crippen LogP contribution in [-0.4, -0.2) is 24.9 Å². The van der Waals surface area contributed by atoms with E-state index in [0.29, 0.717) is 6.54 Å². The van der Waals surface area contributed by atoms with Gasteiger partial charge in [0.2, 0.25) is 5.95 Å². The summed E-state index contributed by atoms with van der Waals surface area (Å²) in [6, 6.07) is 11.6. The minimum Gasteiger partial charge on any atom is -0.378 e. The Morgan fingerprint density at radius 3 is 2.55 bits per heavy atom. The number of hydrogen-bond acceptors (Lipinski definition) is 3. The summed E-state index contributed by atoms with van der Waals surface area (Å²) in [5, 5.41) is 3.40. The maximum absolute atomic E-state index is 13.0. The molecule has 150 valence electrons. The summed E-state index contributed by atoms with van der Waals surface area (Å²) < 4.78 is 13.0. The van der Waals surface area contributed by atoms with Crippen LogP contribution < -0.4 is 10.2 Å². The minimum atomic E-state index is -0.477. The van der Waals surface area contributed by atoms with Gasteiger partial charge in [0.25, 0.3) is 0 Å². The van der Waals surface area contributed by atoms with Gasteiger partial charge in [0.1, 0.15) is 5.84 Å². The summed E-state index contributed by atoms with van der Waals surface area (Å²) in [5.74, 6) is 0.355. The summed E-state index contributed by atoms with van der Waals surface area (Å²) in [6.07, 6.45) is 8.84.